The first-order chi connectivity index (χ1) is 11.7. The Balaban J connectivity index is 1.39. The van der Waals surface area contributed by atoms with E-state index in [2.05, 4.69) is 16.5 Å². The molecule has 4 nitrogen and oxygen atoms in total. The highest BCUT2D eigenvalue weighted by molar-refractivity contribution is 6.10. The highest BCUT2D eigenvalue weighted by atomic mass is 16.5. The van der Waals surface area contributed by atoms with Gasteiger partial charge in [0.25, 0.3) is 0 Å². The zero-order valence-electron chi connectivity index (χ0n) is 14.2. The molecule has 4 bridgehead atoms. The quantitative estimate of drug-likeness (QED) is 0.886. The molecule has 4 fully saturated rings. The number of aliphatic imine (C=N–C) groups is 1. The molecule has 0 saturated heterocycles. The monoisotopic (exact) mass is 323 g/mol. The lowest BCUT2D eigenvalue weighted by atomic mass is 9.53. The second-order valence-corrected chi connectivity index (χ2v) is 8.17. The fraction of sp³-hybridized carbons (Fsp3) is 0.550. The molecule has 0 spiro atoms. The summed E-state index contributed by atoms with van der Waals surface area (Å²) in [6, 6.07) is 4.03. The Morgan fingerprint density at radius 1 is 1.21 bits per heavy atom. The number of allylic oxidation sites excluding steroid dienone is 1. The van der Waals surface area contributed by atoms with Crippen LogP contribution in [-0.2, 0) is 4.74 Å². The molecule has 4 aliphatic carbocycles. The molecule has 2 N–H and O–H groups in total. The number of nitrogens with one attached hydrogen (secondary N) is 2. The van der Waals surface area contributed by atoms with Gasteiger partial charge in [0.15, 0.2) is 0 Å². The average molecular weight is 323 g/mol. The number of nitrogens with zero attached hydrogens (tertiary/aromatic N) is 1. The minimum Gasteiger partial charge on any atom is -0.494 e. The van der Waals surface area contributed by atoms with Crippen molar-refractivity contribution in [2.24, 2.45) is 22.7 Å². The Morgan fingerprint density at radius 2 is 1.92 bits per heavy atom. The van der Waals surface area contributed by atoms with E-state index in [-0.39, 0.29) is 0 Å². The normalized spacial score (nSPS) is 38.4. The highest BCUT2D eigenvalue weighted by Gasteiger charge is 2.50. The molecule has 0 atom stereocenters. The summed E-state index contributed by atoms with van der Waals surface area (Å²) in [7, 11) is 1.72. The lowest BCUT2D eigenvalue weighted by Crippen LogP contribution is -2.57. The summed E-state index contributed by atoms with van der Waals surface area (Å²) in [6.07, 6.45) is 14.5. The van der Waals surface area contributed by atoms with Crippen LogP contribution in [0.25, 0.3) is 0 Å². The number of rotatable bonds is 4. The van der Waals surface area contributed by atoms with Crippen molar-refractivity contribution < 1.29 is 4.74 Å². The maximum atomic E-state index is 5.55. The molecular weight excluding hydrogens is 298 g/mol. The van der Waals surface area contributed by atoms with Gasteiger partial charge in [-0.3, -0.25) is 0 Å². The molecule has 1 aromatic heterocycles. The number of aromatic amines is 1. The van der Waals surface area contributed by atoms with Crippen LogP contribution in [0.4, 0.5) is 0 Å². The molecule has 6 rings (SSSR count). The van der Waals surface area contributed by atoms with Crippen LogP contribution in [-0.4, -0.2) is 23.3 Å². The van der Waals surface area contributed by atoms with Gasteiger partial charge in [0.05, 0.1) is 18.5 Å². The van der Waals surface area contributed by atoms with E-state index in [1.807, 2.05) is 24.4 Å². The van der Waals surface area contributed by atoms with Crippen LogP contribution in [0.1, 0.15) is 44.2 Å². The lowest BCUT2D eigenvalue weighted by Gasteiger charge is -2.56. The van der Waals surface area contributed by atoms with Crippen LogP contribution >= 0.6 is 0 Å². The van der Waals surface area contributed by atoms with Crippen LogP contribution < -0.4 is 5.32 Å². The summed E-state index contributed by atoms with van der Waals surface area (Å²) < 4.78 is 5.55. The van der Waals surface area contributed by atoms with E-state index in [0.29, 0.717) is 5.54 Å². The van der Waals surface area contributed by atoms with Gasteiger partial charge >= 0.3 is 0 Å². The minimum absolute atomic E-state index is 0.311. The van der Waals surface area contributed by atoms with Gasteiger partial charge in [-0.1, -0.05) is 0 Å². The number of hydrogen-bond acceptors (Lipinski definition) is 3. The Kier molecular flexibility index (Phi) is 3.15. The van der Waals surface area contributed by atoms with Crippen LogP contribution in [0.2, 0.25) is 0 Å². The van der Waals surface area contributed by atoms with Gasteiger partial charge in [-0.15, -0.1) is 0 Å². The molecule has 1 aromatic rings. The average Bonchev–Trinajstić information content (AvgIpc) is 3.21. The van der Waals surface area contributed by atoms with Gasteiger partial charge in [-0.25, -0.2) is 4.99 Å². The van der Waals surface area contributed by atoms with Crippen molar-refractivity contribution in [3.05, 3.63) is 47.8 Å². The van der Waals surface area contributed by atoms with E-state index in [1.165, 1.54) is 38.5 Å². The molecule has 24 heavy (non-hydrogen) atoms. The summed E-state index contributed by atoms with van der Waals surface area (Å²) in [6.45, 7) is 0. The van der Waals surface area contributed by atoms with Gasteiger partial charge in [-0.05, 0) is 68.4 Å². The third kappa shape index (κ3) is 2.31. The van der Waals surface area contributed by atoms with Crippen molar-refractivity contribution in [1.82, 2.24) is 10.3 Å². The summed E-state index contributed by atoms with van der Waals surface area (Å²) in [5, 5.41) is 3.80. The van der Waals surface area contributed by atoms with Crippen molar-refractivity contribution in [1.29, 1.82) is 0 Å². The van der Waals surface area contributed by atoms with Gasteiger partial charge in [-0.2, -0.15) is 0 Å². The predicted molar refractivity (Wildman–Crippen MR) is 94.5 cm³/mol. The maximum Gasteiger partial charge on any atom is 0.148 e. The Hall–Kier alpha value is -1.97. The van der Waals surface area contributed by atoms with Gasteiger partial charge in [0.2, 0.25) is 0 Å². The van der Waals surface area contributed by atoms with Crippen LogP contribution in [0.5, 0.6) is 0 Å². The Labute approximate surface area is 143 Å². The van der Waals surface area contributed by atoms with E-state index in [0.717, 1.165) is 40.6 Å². The predicted octanol–water partition coefficient (Wildman–Crippen LogP) is 3.75. The van der Waals surface area contributed by atoms with Crippen LogP contribution in [0.3, 0.4) is 0 Å². The SMILES string of the molecule is COC1=CC(c2ccc[nH]2)=N/C1=C\NC12CC3CC(CC(C3)C1)C2. The first-order valence-corrected chi connectivity index (χ1v) is 9.19. The Morgan fingerprint density at radius 3 is 2.50 bits per heavy atom. The smallest absolute Gasteiger partial charge is 0.148 e. The van der Waals surface area contributed by atoms with Gasteiger partial charge < -0.3 is 15.0 Å². The molecule has 0 aromatic carbocycles. The summed E-state index contributed by atoms with van der Waals surface area (Å²) >= 11 is 0. The molecule has 0 radical (unpaired) electrons. The molecule has 126 valence electrons. The van der Waals surface area contributed by atoms with Crippen molar-refractivity contribution in [2.45, 2.75) is 44.1 Å². The number of hydrogen-bond donors (Lipinski definition) is 2. The van der Waals surface area contributed by atoms with Crippen molar-refractivity contribution in [2.75, 3.05) is 7.11 Å². The fourth-order valence-corrected chi connectivity index (χ4v) is 5.82. The molecule has 4 heteroatoms. The largest absolute Gasteiger partial charge is 0.494 e. The number of ether oxygens (including phenoxy) is 1. The summed E-state index contributed by atoms with van der Waals surface area (Å²) in [5.41, 5.74) is 3.20. The highest BCUT2D eigenvalue weighted by Crippen LogP contribution is 2.55. The molecule has 4 saturated carbocycles. The standard InChI is InChI=1S/C20H25N3O/c1-24-19-8-17(16-3-2-4-21-16)23-18(19)12-22-20-9-13-5-14(10-20)7-15(6-13)11-20/h2-4,8,12-15,21-22H,5-7,9-11H2,1H3/b18-12-. The summed E-state index contributed by atoms with van der Waals surface area (Å²) in [4.78, 5) is 7.98. The topological polar surface area (TPSA) is 49.4 Å². The molecule has 1 aliphatic heterocycles. The second kappa shape index (κ2) is 5.27. The van der Waals surface area contributed by atoms with E-state index in [4.69, 9.17) is 9.73 Å². The maximum absolute atomic E-state index is 5.55. The first-order valence-electron chi connectivity index (χ1n) is 9.19. The van der Waals surface area contributed by atoms with Crippen LogP contribution in [0.15, 0.2) is 47.1 Å². The van der Waals surface area contributed by atoms with E-state index in [1.54, 1.807) is 7.11 Å². The zero-order valence-corrected chi connectivity index (χ0v) is 14.2. The Bertz CT molecular complexity index is 691. The zero-order chi connectivity index (χ0) is 16.1. The minimum atomic E-state index is 0.311. The van der Waals surface area contributed by atoms with E-state index < -0.39 is 0 Å². The fourth-order valence-electron chi connectivity index (χ4n) is 5.82. The van der Waals surface area contributed by atoms with Gasteiger partial charge in [0, 0.05) is 24.0 Å². The van der Waals surface area contributed by atoms with Crippen molar-refractivity contribution in [3.8, 4) is 0 Å². The molecular formula is C20H25N3O. The third-order valence-corrected chi connectivity index (χ3v) is 6.41. The molecule has 0 unspecified atom stereocenters. The number of methoxy groups -OCH3 is 1. The van der Waals surface area contributed by atoms with Crippen molar-refractivity contribution in [3.63, 3.8) is 0 Å². The number of aromatic nitrogens is 1. The second-order valence-electron chi connectivity index (χ2n) is 8.17. The summed E-state index contributed by atoms with van der Waals surface area (Å²) in [5.74, 6) is 3.68. The molecule has 5 aliphatic rings. The number of H-pyrrole nitrogens is 1. The lowest BCUT2D eigenvalue weighted by molar-refractivity contribution is -0.0131. The third-order valence-electron chi connectivity index (χ3n) is 6.41. The van der Waals surface area contributed by atoms with Crippen LogP contribution in [0, 0.1) is 17.8 Å². The molecule has 2 heterocycles. The van der Waals surface area contributed by atoms with E-state index in [9.17, 15) is 0 Å². The van der Waals surface area contributed by atoms with Crippen molar-refractivity contribution >= 4 is 5.71 Å². The van der Waals surface area contributed by atoms with E-state index >= 15 is 0 Å². The van der Waals surface area contributed by atoms with Gasteiger partial charge in [0.1, 0.15) is 11.5 Å². The first kappa shape index (κ1) is 14.4. The molecule has 0 amide bonds.